The zero-order valence-corrected chi connectivity index (χ0v) is 13.1. The van der Waals surface area contributed by atoms with Crippen LogP contribution in [0.4, 0.5) is 10.5 Å². The van der Waals surface area contributed by atoms with Crippen LogP contribution in [0.2, 0.25) is 0 Å². The van der Waals surface area contributed by atoms with E-state index in [-0.39, 0.29) is 12.7 Å². The number of amides is 1. The lowest BCUT2D eigenvalue weighted by Crippen LogP contribution is -2.26. The number of aryl methyl sites for hydroxylation is 1. The van der Waals surface area contributed by atoms with Gasteiger partial charge in [0.15, 0.2) is 0 Å². The Hall–Kier alpha value is -1.81. The Balaban J connectivity index is 1.99. The molecule has 2 rings (SSSR count). The van der Waals surface area contributed by atoms with Crippen molar-refractivity contribution in [2.75, 3.05) is 11.9 Å². The van der Waals surface area contributed by atoms with E-state index in [9.17, 15) is 4.79 Å². The summed E-state index contributed by atoms with van der Waals surface area (Å²) in [7, 11) is 1.70. The number of ether oxygens (including phenoxy) is 1. The molecule has 0 aliphatic heterocycles. The van der Waals surface area contributed by atoms with E-state index in [4.69, 9.17) is 4.74 Å². The molecule has 0 unspecified atom stereocenters. The molecule has 0 radical (unpaired) electrons. The fourth-order valence-corrected chi connectivity index (χ4v) is 2.01. The summed E-state index contributed by atoms with van der Waals surface area (Å²) in [4.78, 5) is 13.5. The number of carbonyl (C=O) groups excluding carboxylic acids is 1. The van der Waals surface area contributed by atoms with Crippen molar-refractivity contribution in [1.29, 1.82) is 0 Å². The molecule has 0 fully saturated rings. The van der Waals surface area contributed by atoms with Crippen molar-refractivity contribution in [2.45, 2.75) is 13.5 Å². The van der Waals surface area contributed by atoms with Gasteiger partial charge in [0.25, 0.3) is 0 Å². The SMILES string of the molecule is Cc1cc(N(C)C(=O)OCc2ccccc2)ccc1Br. The van der Waals surface area contributed by atoms with Gasteiger partial charge < -0.3 is 4.74 Å². The van der Waals surface area contributed by atoms with Crippen LogP contribution in [0.15, 0.2) is 53.0 Å². The Morgan fingerprint density at radius 2 is 1.90 bits per heavy atom. The Labute approximate surface area is 127 Å². The number of rotatable bonds is 3. The zero-order chi connectivity index (χ0) is 14.5. The fraction of sp³-hybridized carbons (Fsp3) is 0.188. The first-order valence-corrected chi connectivity index (χ1v) is 7.08. The lowest BCUT2D eigenvalue weighted by Gasteiger charge is -2.18. The van der Waals surface area contributed by atoms with Crippen molar-refractivity contribution in [3.05, 3.63) is 64.1 Å². The molecule has 0 aromatic heterocycles. The number of benzene rings is 2. The zero-order valence-electron chi connectivity index (χ0n) is 11.5. The van der Waals surface area contributed by atoms with Gasteiger partial charge >= 0.3 is 6.09 Å². The first kappa shape index (κ1) is 14.6. The number of halogens is 1. The van der Waals surface area contributed by atoms with E-state index in [2.05, 4.69) is 15.9 Å². The van der Waals surface area contributed by atoms with Crippen LogP contribution >= 0.6 is 15.9 Å². The Kier molecular flexibility index (Phi) is 4.79. The summed E-state index contributed by atoms with van der Waals surface area (Å²) in [5.41, 5.74) is 2.86. The van der Waals surface area contributed by atoms with Crippen LogP contribution in [0.3, 0.4) is 0 Å². The number of hydrogen-bond acceptors (Lipinski definition) is 2. The summed E-state index contributed by atoms with van der Waals surface area (Å²) >= 11 is 3.44. The first-order valence-electron chi connectivity index (χ1n) is 6.28. The van der Waals surface area contributed by atoms with Crippen molar-refractivity contribution in [3.8, 4) is 0 Å². The Morgan fingerprint density at radius 1 is 1.20 bits per heavy atom. The van der Waals surface area contributed by atoms with Gasteiger partial charge in [-0.05, 0) is 36.2 Å². The predicted octanol–water partition coefficient (Wildman–Crippen LogP) is 4.53. The number of carbonyl (C=O) groups is 1. The smallest absolute Gasteiger partial charge is 0.414 e. The van der Waals surface area contributed by atoms with Gasteiger partial charge in [-0.2, -0.15) is 0 Å². The lowest BCUT2D eigenvalue weighted by atomic mass is 10.2. The molecule has 0 bridgehead atoms. The van der Waals surface area contributed by atoms with Gasteiger partial charge in [-0.1, -0.05) is 46.3 Å². The third-order valence-electron chi connectivity index (χ3n) is 3.01. The van der Waals surface area contributed by atoms with E-state index in [1.165, 1.54) is 4.90 Å². The molecule has 3 nitrogen and oxygen atoms in total. The van der Waals surface area contributed by atoms with Crippen molar-refractivity contribution in [1.82, 2.24) is 0 Å². The van der Waals surface area contributed by atoms with Crippen LogP contribution < -0.4 is 4.90 Å². The van der Waals surface area contributed by atoms with Crippen LogP contribution in [-0.4, -0.2) is 13.1 Å². The highest BCUT2D eigenvalue weighted by atomic mass is 79.9. The second-order valence-electron chi connectivity index (χ2n) is 4.53. The van der Waals surface area contributed by atoms with E-state index >= 15 is 0 Å². The molecule has 0 heterocycles. The number of anilines is 1. The van der Waals surface area contributed by atoms with E-state index < -0.39 is 0 Å². The molecule has 2 aromatic carbocycles. The highest BCUT2D eigenvalue weighted by Crippen LogP contribution is 2.22. The maximum Gasteiger partial charge on any atom is 0.414 e. The molecule has 0 aliphatic rings. The maximum atomic E-state index is 12.0. The van der Waals surface area contributed by atoms with Gasteiger partial charge in [-0.15, -0.1) is 0 Å². The van der Waals surface area contributed by atoms with Crippen LogP contribution in [0.25, 0.3) is 0 Å². The van der Waals surface area contributed by atoms with E-state index in [0.717, 1.165) is 21.3 Å². The quantitative estimate of drug-likeness (QED) is 0.825. The third-order valence-corrected chi connectivity index (χ3v) is 3.90. The molecule has 104 valence electrons. The summed E-state index contributed by atoms with van der Waals surface area (Å²) < 4.78 is 6.31. The monoisotopic (exact) mass is 333 g/mol. The van der Waals surface area contributed by atoms with Crippen molar-refractivity contribution < 1.29 is 9.53 Å². The molecule has 0 atom stereocenters. The second-order valence-corrected chi connectivity index (χ2v) is 5.39. The Bertz CT molecular complexity index is 599. The van der Waals surface area contributed by atoms with E-state index in [1.54, 1.807) is 7.05 Å². The first-order chi connectivity index (χ1) is 9.58. The summed E-state index contributed by atoms with van der Waals surface area (Å²) in [6.07, 6.45) is -0.365. The molecule has 20 heavy (non-hydrogen) atoms. The summed E-state index contributed by atoms with van der Waals surface area (Å²) in [6, 6.07) is 15.4. The number of nitrogens with zero attached hydrogens (tertiary/aromatic N) is 1. The topological polar surface area (TPSA) is 29.5 Å². The third kappa shape index (κ3) is 3.61. The van der Waals surface area contributed by atoms with Crippen LogP contribution in [-0.2, 0) is 11.3 Å². The van der Waals surface area contributed by atoms with Crippen LogP contribution in [0.1, 0.15) is 11.1 Å². The van der Waals surface area contributed by atoms with Crippen LogP contribution in [0, 0.1) is 6.92 Å². The molecular weight excluding hydrogens is 318 g/mol. The van der Waals surface area contributed by atoms with Gasteiger partial charge in [-0.25, -0.2) is 4.79 Å². The standard InChI is InChI=1S/C16H16BrNO2/c1-12-10-14(8-9-15(12)17)18(2)16(19)20-11-13-6-4-3-5-7-13/h3-10H,11H2,1-2H3. The molecular formula is C16H16BrNO2. The molecule has 0 saturated heterocycles. The summed E-state index contributed by atoms with van der Waals surface area (Å²) in [5, 5.41) is 0. The minimum absolute atomic E-state index is 0.277. The maximum absolute atomic E-state index is 12.0. The molecule has 0 aliphatic carbocycles. The van der Waals surface area contributed by atoms with Crippen molar-refractivity contribution in [3.63, 3.8) is 0 Å². The van der Waals surface area contributed by atoms with Crippen molar-refractivity contribution >= 4 is 27.7 Å². The summed E-state index contributed by atoms with van der Waals surface area (Å²) in [6.45, 7) is 2.26. The molecule has 1 amide bonds. The van der Waals surface area contributed by atoms with E-state index in [0.29, 0.717) is 0 Å². The average molecular weight is 334 g/mol. The molecule has 0 saturated carbocycles. The van der Waals surface area contributed by atoms with Gasteiger partial charge in [-0.3, -0.25) is 4.90 Å². The minimum atomic E-state index is -0.365. The fourth-order valence-electron chi connectivity index (χ4n) is 1.76. The highest BCUT2D eigenvalue weighted by molar-refractivity contribution is 9.10. The predicted molar refractivity (Wildman–Crippen MR) is 83.9 cm³/mol. The van der Waals surface area contributed by atoms with Crippen molar-refractivity contribution in [2.24, 2.45) is 0 Å². The summed E-state index contributed by atoms with van der Waals surface area (Å²) in [5.74, 6) is 0. The highest BCUT2D eigenvalue weighted by Gasteiger charge is 2.13. The van der Waals surface area contributed by atoms with Gasteiger partial charge in [0, 0.05) is 17.2 Å². The van der Waals surface area contributed by atoms with E-state index in [1.807, 2.05) is 55.5 Å². The van der Waals surface area contributed by atoms with Crippen LogP contribution in [0.5, 0.6) is 0 Å². The van der Waals surface area contributed by atoms with Gasteiger partial charge in [0.2, 0.25) is 0 Å². The van der Waals surface area contributed by atoms with Gasteiger partial charge in [0.1, 0.15) is 6.61 Å². The second kappa shape index (κ2) is 6.57. The molecule has 2 aromatic rings. The normalized spacial score (nSPS) is 10.2. The molecule has 0 N–H and O–H groups in total. The lowest BCUT2D eigenvalue weighted by molar-refractivity contribution is 0.148. The Morgan fingerprint density at radius 3 is 2.55 bits per heavy atom. The molecule has 4 heteroatoms. The number of hydrogen-bond donors (Lipinski definition) is 0. The largest absolute Gasteiger partial charge is 0.444 e. The average Bonchev–Trinajstić information content (AvgIpc) is 2.48. The minimum Gasteiger partial charge on any atom is -0.444 e. The van der Waals surface area contributed by atoms with Gasteiger partial charge in [0.05, 0.1) is 0 Å². The molecule has 0 spiro atoms.